The van der Waals surface area contributed by atoms with Crippen molar-refractivity contribution in [3.63, 3.8) is 0 Å². The Balaban J connectivity index is 1.89. The van der Waals surface area contributed by atoms with Gasteiger partial charge in [0.15, 0.2) is 5.43 Å². The number of hydrogen-bond acceptors (Lipinski definition) is 5. The van der Waals surface area contributed by atoms with Gasteiger partial charge in [0, 0.05) is 18.1 Å². The third-order valence-electron chi connectivity index (χ3n) is 6.28. The summed E-state index contributed by atoms with van der Waals surface area (Å²) in [5, 5.41) is 0.876. The largest absolute Gasteiger partial charge is 0.494 e. The number of rotatable bonds is 8. The van der Waals surface area contributed by atoms with E-state index in [-0.39, 0.29) is 17.1 Å². The first-order valence-electron chi connectivity index (χ1n) is 11.4. The highest BCUT2D eigenvalue weighted by Crippen LogP contribution is 2.39. The summed E-state index contributed by atoms with van der Waals surface area (Å²) in [4.78, 5) is 31.2. The SMILES string of the molecule is CCOc1cccc(C2c3c(oc4cc(C)c(Cl)cc4c3=O)C(=O)N2CCN(CC)CC)c1. The first-order chi connectivity index (χ1) is 15.9. The molecule has 3 aromatic rings. The smallest absolute Gasteiger partial charge is 0.290 e. The van der Waals surface area contributed by atoms with Gasteiger partial charge in [0.05, 0.1) is 23.6 Å². The van der Waals surface area contributed by atoms with Crippen molar-refractivity contribution >= 4 is 28.5 Å². The standard InChI is InChI=1S/C26H29ClN2O4/c1-5-28(6-2)11-12-29-23(17-9-8-10-18(14-17)32-7-3)22-24(30)19-15-20(27)16(4)13-21(19)33-25(22)26(29)31/h8-10,13-15,23H,5-7,11-12H2,1-4H3. The second kappa shape index (κ2) is 9.57. The molecule has 1 aliphatic heterocycles. The van der Waals surface area contributed by atoms with Crippen LogP contribution in [0.4, 0.5) is 0 Å². The predicted molar refractivity (Wildman–Crippen MR) is 131 cm³/mol. The zero-order valence-electron chi connectivity index (χ0n) is 19.5. The van der Waals surface area contributed by atoms with E-state index < -0.39 is 6.04 Å². The van der Waals surface area contributed by atoms with Gasteiger partial charge in [-0.25, -0.2) is 0 Å². The van der Waals surface area contributed by atoms with Gasteiger partial charge in [-0.3, -0.25) is 9.59 Å². The van der Waals surface area contributed by atoms with Crippen molar-refractivity contribution in [1.29, 1.82) is 0 Å². The Morgan fingerprint density at radius 3 is 2.58 bits per heavy atom. The van der Waals surface area contributed by atoms with Crippen LogP contribution in [0.5, 0.6) is 5.75 Å². The summed E-state index contributed by atoms with van der Waals surface area (Å²) in [5.41, 5.74) is 2.12. The molecule has 33 heavy (non-hydrogen) atoms. The van der Waals surface area contributed by atoms with E-state index in [4.69, 9.17) is 20.8 Å². The Labute approximate surface area is 198 Å². The summed E-state index contributed by atoms with van der Waals surface area (Å²) in [6.45, 7) is 11.4. The van der Waals surface area contributed by atoms with Crippen LogP contribution in [0.2, 0.25) is 5.02 Å². The van der Waals surface area contributed by atoms with Gasteiger partial charge < -0.3 is 19.0 Å². The van der Waals surface area contributed by atoms with Crippen LogP contribution in [0.25, 0.3) is 11.0 Å². The number of carbonyl (C=O) groups is 1. The maximum Gasteiger partial charge on any atom is 0.290 e. The molecule has 0 N–H and O–H groups in total. The van der Waals surface area contributed by atoms with E-state index in [9.17, 15) is 9.59 Å². The molecule has 0 saturated carbocycles. The molecule has 0 aliphatic carbocycles. The Hall–Kier alpha value is -2.83. The number of hydrogen-bond donors (Lipinski definition) is 0. The van der Waals surface area contributed by atoms with Gasteiger partial charge >= 0.3 is 0 Å². The lowest BCUT2D eigenvalue weighted by Gasteiger charge is -2.28. The van der Waals surface area contributed by atoms with Crippen LogP contribution in [-0.2, 0) is 0 Å². The van der Waals surface area contributed by atoms with Crippen LogP contribution in [-0.4, -0.2) is 48.5 Å². The minimum atomic E-state index is -0.552. The summed E-state index contributed by atoms with van der Waals surface area (Å²) in [6, 6.07) is 10.4. The van der Waals surface area contributed by atoms with Crippen molar-refractivity contribution in [1.82, 2.24) is 9.80 Å². The van der Waals surface area contributed by atoms with Crippen molar-refractivity contribution in [2.45, 2.75) is 33.7 Å². The fourth-order valence-corrected chi connectivity index (χ4v) is 4.61. The molecule has 174 valence electrons. The molecule has 4 rings (SSSR count). The quantitative estimate of drug-likeness (QED) is 0.463. The van der Waals surface area contributed by atoms with E-state index in [2.05, 4.69) is 18.7 Å². The molecule has 0 fully saturated rings. The minimum Gasteiger partial charge on any atom is -0.494 e. The molecule has 0 bridgehead atoms. The number of benzene rings is 2. The topological polar surface area (TPSA) is 63.0 Å². The van der Waals surface area contributed by atoms with Gasteiger partial charge in [-0.15, -0.1) is 0 Å². The molecule has 7 heteroatoms. The molecule has 0 radical (unpaired) electrons. The maximum absolute atomic E-state index is 13.7. The first-order valence-corrected chi connectivity index (χ1v) is 11.8. The average Bonchev–Trinajstić information content (AvgIpc) is 3.08. The first kappa shape index (κ1) is 23.3. The summed E-state index contributed by atoms with van der Waals surface area (Å²) in [6.07, 6.45) is 0. The van der Waals surface area contributed by atoms with E-state index in [0.29, 0.717) is 47.0 Å². The molecule has 0 spiro atoms. The van der Waals surface area contributed by atoms with Crippen LogP contribution >= 0.6 is 11.6 Å². The van der Waals surface area contributed by atoms with Crippen LogP contribution in [0, 0.1) is 6.92 Å². The van der Waals surface area contributed by atoms with Crippen molar-refractivity contribution < 1.29 is 13.9 Å². The Kier molecular flexibility index (Phi) is 6.77. The van der Waals surface area contributed by atoms with Crippen molar-refractivity contribution in [3.8, 4) is 5.75 Å². The highest BCUT2D eigenvalue weighted by Gasteiger charge is 2.42. The summed E-state index contributed by atoms with van der Waals surface area (Å²) in [7, 11) is 0. The van der Waals surface area contributed by atoms with Crippen molar-refractivity contribution in [2.75, 3.05) is 32.8 Å². The molecule has 1 amide bonds. The molecule has 2 heterocycles. The average molecular weight is 469 g/mol. The number of carbonyl (C=O) groups excluding carboxylic acids is 1. The molecule has 1 aromatic heterocycles. The molecule has 0 saturated heterocycles. The van der Waals surface area contributed by atoms with Crippen molar-refractivity contribution in [3.05, 3.63) is 74.1 Å². The number of aryl methyl sites for hydroxylation is 1. The number of nitrogens with zero attached hydrogens (tertiary/aromatic N) is 2. The Bertz CT molecular complexity index is 1250. The van der Waals surface area contributed by atoms with Crippen molar-refractivity contribution in [2.24, 2.45) is 0 Å². The number of ether oxygens (including phenoxy) is 1. The Morgan fingerprint density at radius 1 is 1.12 bits per heavy atom. The van der Waals surface area contributed by atoms with Crippen LogP contribution < -0.4 is 10.2 Å². The lowest BCUT2D eigenvalue weighted by atomic mass is 9.98. The third kappa shape index (κ3) is 4.25. The number of likely N-dealkylation sites (N-methyl/N-ethyl adjacent to an activating group) is 1. The number of amides is 1. The molecule has 1 atom stereocenters. The summed E-state index contributed by atoms with van der Waals surface area (Å²) < 4.78 is 11.7. The summed E-state index contributed by atoms with van der Waals surface area (Å²) in [5.74, 6) is 0.541. The van der Waals surface area contributed by atoms with Crippen LogP contribution in [0.1, 0.15) is 54.1 Å². The van der Waals surface area contributed by atoms with Crippen LogP contribution in [0.3, 0.4) is 0 Å². The van der Waals surface area contributed by atoms with Gasteiger partial charge in [0.25, 0.3) is 5.91 Å². The second-order valence-electron chi connectivity index (χ2n) is 8.21. The van der Waals surface area contributed by atoms with E-state index in [1.807, 2.05) is 38.1 Å². The van der Waals surface area contributed by atoms with Gasteiger partial charge in [0.1, 0.15) is 11.3 Å². The normalized spacial score (nSPS) is 15.5. The lowest BCUT2D eigenvalue weighted by Crippen LogP contribution is -2.37. The zero-order valence-corrected chi connectivity index (χ0v) is 20.2. The second-order valence-corrected chi connectivity index (χ2v) is 8.61. The fraction of sp³-hybridized carbons (Fsp3) is 0.385. The molecule has 2 aromatic carbocycles. The highest BCUT2D eigenvalue weighted by molar-refractivity contribution is 6.32. The van der Waals surface area contributed by atoms with Gasteiger partial charge in [-0.2, -0.15) is 0 Å². The van der Waals surface area contributed by atoms with Gasteiger partial charge in [0.2, 0.25) is 5.76 Å². The molecular weight excluding hydrogens is 440 g/mol. The monoisotopic (exact) mass is 468 g/mol. The molecule has 1 unspecified atom stereocenters. The Morgan fingerprint density at radius 2 is 1.88 bits per heavy atom. The van der Waals surface area contributed by atoms with E-state index in [1.165, 1.54) is 0 Å². The molecular formula is C26H29ClN2O4. The fourth-order valence-electron chi connectivity index (χ4n) is 4.45. The number of fused-ring (bicyclic) bond motifs is 2. The van der Waals surface area contributed by atoms with Gasteiger partial charge in [-0.1, -0.05) is 37.6 Å². The highest BCUT2D eigenvalue weighted by atomic mass is 35.5. The predicted octanol–water partition coefficient (Wildman–Crippen LogP) is 5.04. The third-order valence-corrected chi connectivity index (χ3v) is 6.69. The zero-order chi connectivity index (χ0) is 23.7. The summed E-state index contributed by atoms with van der Waals surface area (Å²) >= 11 is 6.31. The molecule has 1 aliphatic rings. The number of halogens is 1. The lowest BCUT2D eigenvalue weighted by molar-refractivity contribution is 0.0708. The molecule has 6 nitrogen and oxygen atoms in total. The minimum absolute atomic E-state index is 0.112. The van der Waals surface area contributed by atoms with E-state index >= 15 is 0 Å². The van der Waals surface area contributed by atoms with E-state index in [0.717, 1.165) is 24.2 Å². The van der Waals surface area contributed by atoms with Gasteiger partial charge in [-0.05, 0) is 62.3 Å². The van der Waals surface area contributed by atoms with E-state index in [1.54, 1.807) is 17.0 Å². The van der Waals surface area contributed by atoms with Crippen LogP contribution in [0.15, 0.2) is 45.6 Å². The maximum atomic E-state index is 13.7.